The highest BCUT2D eigenvalue weighted by Crippen LogP contribution is 2.27. The third kappa shape index (κ3) is 4.93. The summed E-state index contributed by atoms with van der Waals surface area (Å²) in [5.74, 6) is 1.42. The zero-order valence-corrected chi connectivity index (χ0v) is 13.8. The summed E-state index contributed by atoms with van der Waals surface area (Å²) >= 11 is 0. The van der Waals surface area contributed by atoms with Crippen molar-refractivity contribution in [2.24, 2.45) is 5.92 Å². The van der Waals surface area contributed by atoms with Crippen LogP contribution in [0.5, 0.6) is 0 Å². The molecule has 1 saturated heterocycles. The van der Waals surface area contributed by atoms with Crippen LogP contribution in [0.15, 0.2) is 24.4 Å². The molecule has 0 radical (unpaired) electrons. The van der Waals surface area contributed by atoms with Crippen LogP contribution < -0.4 is 10.6 Å². The van der Waals surface area contributed by atoms with E-state index in [1.165, 1.54) is 51.6 Å². The molecule has 3 rings (SSSR count). The Labute approximate surface area is 138 Å². The molecule has 0 bridgehead atoms. The van der Waals surface area contributed by atoms with Crippen molar-refractivity contribution in [3.05, 3.63) is 24.4 Å². The Morgan fingerprint density at radius 1 is 1.17 bits per heavy atom. The van der Waals surface area contributed by atoms with Crippen LogP contribution in [-0.4, -0.2) is 48.0 Å². The summed E-state index contributed by atoms with van der Waals surface area (Å²) < 4.78 is 0. The van der Waals surface area contributed by atoms with Gasteiger partial charge in [0.25, 0.3) is 0 Å². The molecule has 1 saturated carbocycles. The van der Waals surface area contributed by atoms with Crippen LogP contribution in [0, 0.1) is 5.92 Å². The van der Waals surface area contributed by atoms with E-state index in [2.05, 4.69) is 20.5 Å². The average Bonchev–Trinajstić information content (AvgIpc) is 3.14. The average molecular weight is 316 g/mol. The topological polar surface area (TPSA) is 57.3 Å². The van der Waals surface area contributed by atoms with E-state index in [1.807, 2.05) is 18.2 Å². The van der Waals surface area contributed by atoms with E-state index >= 15 is 0 Å². The Morgan fingerprint density at radius 2 is 1.96 bits per heavy atom. The molecule has 0 atom stereocenters. The van der Waals surface area contributed by atoms with Gasteiger partial charge in [0.2, 0.25) is 5.91 Å². The molecule has 0 unspecified atom stereocenters. The summed E-state index contributed by atoms with van der Waals surface area (Å²) in [5, 5.41) is 6.10. The number of carbonyl (C=O) groups is 1. The number of carbonyl (C=O) groups excluding carboxylic acids is 1. The summed E-state index contributed by atoms with van der Waals surface area (Å²) in [5.41, 5.74) is 0. The first-order chi connectivity index (χ1) is 11.3. The lowest BCUT2D eigenvalue weighted by Crippen LogP contribution is -2.43. The van der Waals surface area contributed by atoms with Crippen molar-refractivity contribution in [1.82, 2.24) is 15.2 Å². The Morgan fingerprint density at radius 3 is 2.65 bits per heavy atom. The number of nitrogens with zero attached hydrogens (tertiary/aromatic N) is 2. The van der Waals surface area contributed by atoms with Crippen LogP contribution in [0.4, 0.5) is 5.82 Å². The molecule has 0 aromatic carbocycles. The van der Waals surface area contributed by atoms with Crippen LogP contribution in [0.2, 0.25) is 0 Å². The van der Waals surface area contributed by atoms with Crippen molar-refractivity contribution >= 4 is 11.7 Å². The van der Waals surface area contributed by atoms with Gasteiger partial charge >= 0.3 is 0 Å². The van der Waals surface area contributed by atoms with Crippen LogP contribution in [0.3, 0.4) is 0 Å². The molecule has 1 amide bonds. The van der Waals surface area contributed by atoms with Crippen molar-refractivity contribution in [3.63, 3.8) is 0 Å². The number of anilines is 1. The van der Waals surface area contributed by atoms with E-state index in [-0.39, 0.29) is 12.5 Å². The number of pyridine rings is 1. The number of amides is 1. The first-order valence-corrected chi connectivity index (χ1v) is 8.97. The van der Waals surface area contributed by atoms with Gasteiger partial charge in [-0.1, -0.05) is 18.9 Å². The Hall–Kier alpha value is -1.62. The number of hydrogen-bond acceptors (Lipinski definition) is 4. The second-order valence-electron chi connectivity index (χ2n) is 6.79. The standard InChI is InChI=1S/C18H28N4O/c23-18(14-20-17-7-3-4-10-19-17)21-13-15-8-11-22(12-9-15)16-5-1-2-6-16/h3-4,7,10,15-16H,1-2,5-6,8-9,11-14H2,(H,19,20)(H,21,23). The second-order valence-corrected chi connectivity index (χ2v) is 6.79. The van der Waals surface area contributed by atoms with E-state index in [4.69, 9.17) is 0 Å². The fourth-order valence-electron chi connectivity index (χ4n) is 3.75. The third-order valence-corrected chi connectivity index (χ3v) is 5.17. The number of piperidine rings is 1. The van der Waals surface area contributed by atoms with E-state index in [1.54, 1.807) is 6.20 Å². The van der Waals surface area contributed by atoms with E-state index in [9.17, 15) is 4.79 Å². The molecule has 23 heavy (non-hydrogen) atoms. The maximum absolute atomic E-state index is 11.9. The second kappa shape index (κ2) is 8.29. The molecule has 0 spiro atoms. The van der Waals surface area contributed by atoms with Gasteiger partial charge in [-0.05, 0) is 56.8 Å². The Balaban J connectivity index is 1.31. The smallest absolute Gasteiger partial charge is 0.239 e. The van der Waals surface area contributed by atoms with E-state index in [0.29, 0.717) is 5.92 Å². The highest BCUT2D eigenvalue weighted by atomic mass is 16.1. The molecule has 1 aromatic rings. The third-order valence-electron chi connectivity index (χ3n) is 5.17. The summed E-state index contributed by atoms with van der Waals surface area (Å²) in [6.07, 6.45) is 9.74. The van der Waals surface area contributed by atoms with Gasteiger partial charge < -0.3 is 15.5 Å². The van der Waals surface area contributed by atoms with Gasteiger partial charge in [-0.3, -0.25) is 4.79 Å². The summed E-state index contributed by atoms with van der Waals surface area (Å²) in [6, 6.07) is 6.48. The highest BCUT2D eigenvalue weighted by molar-refractivity contribution is 5.80. The molecule has 5 heteroatoms. The maximum atomic E-state index is 11.9. The lowest BCUT2D eigenvalue weighted by molar-refractivity contribution is -0.119. The van der Waals surface area contributed by atoms with Gasteiger partial charge in [-0.25, -0.2) is 4.98 Å². The van der Waals surface area contributed by atoms with Gasteiger partial charge in [-0.15, -0.1) is 0 Å². The van der Waals surface area contributed by atoms with Crippen molar-refractivity contribution < 1.29 is 4.79 Å². The SMILES string of the molecule is O=C(CNc1ccccn1)NCC1CCN(C2CCCC2)CC1. The van der Waals surface area contributed by atoms with Gasteiger partial charge in [0.15, 0.2) is 0 Å². The molecule has 2 aliphatic rings. The van der Waals surface area contributed by atoms with Crippen LogP contribution in [-0.2, 0) is 4.79 Å². The minimum Gasteiger partial charge on any atom is -0.361 e. The number of hydrogen-bond donors (Lipinski definition) is 2. The fourth-order valence-corrected chi connectivity index (χ4v) is 3.75. The maximum Gasteiger partial charge on any atom is 0.239 e. The van der Waals surface area contributed by atoms with Crippen molar-refractivity contribution in [1.29, 1.82) is 0 Å². The molecule has 1 aliphatic carbocycles. The van der Waals surface area contributed by atoms with Gasteiger partial charge in [-0.2, -0.15) is 0 Å². The lowest BCUT2D eigenvalue weighted by Gasteiger charge is -2.36. The molecule has 126 valence electrons. The van der Waals surface area contributed by atoms with Crippen molar-refractivity contribution in [3.8, 4) is 0 Å². The molecule has 1 aliphatic heterocycles. The minimum atomic E-state index is 0.0499. The van der Waals surface area contributed by atoms with Gasteiger partial charge in [0, 0.05) is 18.8 Å². The molecule has 2 N–H and O–H groups in total. The monoisotopic (exact) mass is 316 g/mol. The zero-order valence-electron chi connectivity index (χ0n) is 13.8. The molecule has 2 fully saturated rings. The molecular formula is C18H28N4O. The van der Waals surface area contributed by atoms with Crippen molar-refractivity contribution in [2.75, 3.05) is 31.5 Å². The number of likely N-dealkylation sites (tertiary alicyclic amines) is 1. The summed E-state index contributed by atoms with van der Waals surface area (Å²) in [7, 11) is 0. The highest BCUT2D eigenvalue weighted by Gasteiger charge is 2.27. The minimum absolute atomic E-state index is 0.0499. The van der Waals surface area contributed by atoms with Gasteiger partial charge in [0.1, 0.15) is 5.82 Å². The van der Waals surface area contributed by atoms with Crippen LogP contribution >= 0.6 is 0 Å². The largest absolute Gasteiger partial charge is 0.361 e. The van der Waals surface area contributed by atoms with Crippen LogP contribution in [0.1, 0.15) is 38.5 Å². The Kier molecular flexibility index (Phi) is 5.86. The Bertz CT molecular complexity index is 479. The van der Waals surface area contributed by atoms with E-state index in [0.717, 1.165) is 18.4 Å². The number of rotatable bonds is 6. The summed E-state index contributed by atoms with van der Waals surface area (Å²) in [6.45, 7) is 3.51. The normalized spacial score (nSPS) is 20.5. The first-order valence-electron chi connectivity index (χ1n) is 8.97. The first kappa shape index (κ1) is 16.2. The van der Waals surface area contributed by atoms with Crippen LogP contribution in [0.25, 0.3) is 0 Å². The molecule has 5 nitrogen and oxygen atoms in total. The lowest BCUT2D eigenvalue weighted by atomic mass is 9.95. The van der Waals surface area contributed by atoms with Crippen molar-refractivity contribution in [2.45, 2.75) is 44.6 Å². The quantitative estimate of drug-likeness (QED) is 0.845. The number of nitrogens with one attached hydrogen (secondary N) is 2. The zero-order chi connectivity index (χ0) is 15.9. The molecule has 2 heterocycles. The van der Waals surface area contributed by atoms with E-state index < -0.39 is 0 Å². The summed E-state index contributed by atoms with van der Waals surface area (Å²) in [4.78, 5) is 18.7. The predicted molar refractivity (Wildman–Crippen MR) is 92.3 cm³/mol. The molecule has 1 aromatic heterocycles. The molecular weight excluding hydrogens is 288 g/mol. The number of aromatic nitrogens is 1. The predicted octanol–water partition coefficient (Wildman–Crippen LogP) is 2.26. The van der Waals surface area contributed by atoms with Gasteiger partial charge in [0.05, 0.1) is 6.54 Å². The fraction of sp³-hybridized carbons (Fsp3) is 0.667.